The maximum absolute atomic E-state index is 11.0. The van der Waals surface area contributed by atoms with Crippen molar-refractivity contribution in [1.82, 2.24) is 24.7 Å². The number of nitrogens with two attached hydrogens (primary N) is 2. The van der Waals surface area contributed by atoms with E-state index in [1.165, 1.54) is 25.4 Å². The van der Waals surface area contributed by atoms with Crippen molar-refractivity contribution in [3.05, 3.63) is 53.0 Å². The van der Waals surface area contributed by atoms with Gasteiger partial charge in [0.05, 0.1) is 12.0 Å². The number of hydrogen-bond acceptors (Lipinski definition) is 10. The first-order valence-electron chi connectivity index (χ1n) is 7.03. The third-order valence-electron chi connectivity index (χ3n) is 2.89. The molecular weight excluding hydrogens is 380 g/mol. The molecular formula is C13H14N8O5S. The number of nitro benzene ring substituents is 1. The highest BCUT2D eigenvalue weighted by Crippen LogP contribution is 2.18. The second-order valence-electron chi connectivity index (χ2n) is 4.73. The van der Waals surface area contributed by atoms with E-state index in [9.17, 15) is 18.5 Å². The number of sulfonamides is 1. The van der Waals surface area contributed by atoms with Crippen LogP contribution in [0.2, 0.25) is 0 Å². The van der Waals surface area contributed by atoms with Crippen LogP contribution in [0.5, 0.6) is 5.88 Å². The molecule has 13 nitrogen and oxygen atoms in total. The Morgan fingerprint density at radius 1 is 1.22 bits per heavy atom. The zero-order chi connectivity index (χ0) is 20.0. The number of rotatable bonds is 4. The van der Waals surface area contributed by atoms with E-state index in [4.69, 9.17) is 15.6 Å². The van der Waals surface area contributed by atoms with Gasteiger partial charge in [-0.2, -0.15) is 9.67 Å². The lowest BCUT2D eigenvalue weighted by Crippen LogP contribution is -2.14. The number of ether oxygens (including phenoxy) is 1. The number of nitro groups is 1. The highest BCUT2D eigenvalue weighted by atomic mass is 32.2. The van der Waals surface area contributed by atoms with E-state index >= 15 is 0 Å². The number of benzene rings is 1. The summed E-state index contributed by atoms with van der Waals surface area (Å²) in [6, 6.07) is 7.64. The molecule has 0 unspecified atom stereocenters. The second-order valence-corrected chi connectivity index (χ2v) is 6.19. The molecule has 3 aromatic rings. The van der Waals surface area contributed by atoms with Gasteiger partial charge in [0.2, 0.25) is 5.88 Å². The maximum atomic E-state index is 11.0. The van der Waals surface area contributed by atoms with Crippen LogP contribution in [0.25, 0.3) is 5.95 Å². The van der Waals surface area contributed by atoms with E-state index in [0.29, 0.717) is 5.88 Å². The van der Waals surface area contributed by atoms with Crippen molar-refractivity contribution in [2.24, 2.45) is 5.14 Å². The van der Waals surface area contributed by atoms with Crippen molar-refractivity contribution < 1.29 is 18.1 Å². The SMILES string of the molecule is COc1ccnc(-n2cnc(S(N)(=O)=O)n2)n1.Nc1ccccc1[N+](=O)[O-]. The Bertz CT molecular complexity index is 1050. The van der Waals surface area contributed by atoms with Crippen molar-refractivity contribution >= 4 is 21.4 Å². The Hall–Kier alpha value is -3.65. The Kier molecular flexibility index (Phi) is 5.94. The minimum atomic E-state index is -3.94. The predicted octanol–water partition coefficient (Wildman–Crippen LogP) is -0.110. The van der Waals surface area contributed by atoms with Crippen LogP contribution in [0.15, 0.2) is 48.0 Å². The predicted molar refractivity (Wildman–Crippen MR) is 92.4 cm³/mol. The molecule has 3 rings (SSSR count). The Balaban J connectivity index is 0.000000223. The van der Waals surface area contributed by atoms with Gasteiger partial charge in [-0.25, -0.2) is 23.5 Å². The van der Waals surface area contributed by atoms with Crippen LogP contribution < -0.4 is 15.6 Å². The van der Waals surface area contributed by atoms with Crippen LogP contribution in [0, 0.1) is 10.1 Å². The molecule has 0 fully saturated rings. The minimum Gasteiger partial charge on any atom is -0.481 e. The van der Waals surface area contributed by atoms with E-state index < -0.39 is 20.1 Å². The Morgan fingerprint density at radius 2 is 1.93 bits per heavy atom. The van der Waals surface area contributed by atoms with E-state index in [1.54, 1.807) is 18.2 Å². The largest absolute Gasteiger partial charge is 0.481 e. The summed E-state index contributed by atoms with van der Waals surface area (Å²) in [5.41, 5.74) is 5.44. The fourth-order valence-electron chi connectivity index (χ4n) is 1.68. The van der Waals surface area contributed by atoms with Crippen molar-refractivity contribution in [1.29, 1.82) is 0 Å². The van der Waals surface area contributed by atoms with E-state index in [1.807, 2.05) is 0 Å². The normalized spacial score (nSPS) is 10.6. The second kappa shape index (κ2) is 8.15. The average molecular weight is 394 g/mol. The van der Waals surface area contributed by atoms with Crippen LogP contribution in [-0.2, 0) is 10.0 Å². The molecule has 0 atom stereocenters. The van der Waals surface area contributed by atoms with Gasteiger partial charge in [-0.05, 0) is 6.07 Å². The van der Waals surface area contributed by atoms with Crippen molar-refractivity contribution in [3.8, 4) is 11.8 Å². The summed E-state index contributed by atoms with van der Waals surface area (Å²) in [6.45, 7) is 0. The Labute approximate surface area is 152 Å². The Morgan fingerprint density at radius 3 is 2.44 bits per heavy atom. The van der Waals surface area contributed by atoms with Crippen LogP contribution in [0.1, 0.15) is 0 Å². The van der Waals surface area contributed by atoms with E-state index in [0.717, 1.165) is 11.0 Å². The van der Waals surface area contributed by atoms with Gasteiger partial charge in [-0.15, -0.1) is 5.10 Å². The van der Waals surface area contributed by atoms with Gasteiger partial charge in [-0.1, -0.05) is 12.1 Å². The van der Waals surface area contributed by atoms with Crippen LogP contribution >= 0.6 is 0 Å². The summed E-state index contributed by atoms with van der Waals surface area (Å²) in [5, 5.41) is 18.2. The number of methoxy groups -OCH3 is 1. The third kappa shape index (κ3) is 5.16. The molecule has 0 amide bonds. The van der Waals surface area contributed by atoms with Crippen molar-refractivity contribution in [3.63, 3.8) is 0 Å². The molecule has 1 aromatic carbocycles. The molecule has 0 aliphatic rings. The van der Waals surface area contributed by atoms with Gasteiger partial charge in [0.1, 0.15) is 12.0 Å². The fraction of sp³-hybridized carbons (Fsp3) is 0.0769. The molecule has 142 valence electrons. The molecule has 0 saturated carbocycles. The van der Waals surface area contributed by atoms with Gasteiger partial charge < -0.3 is 10.5 Å². The average Bonchev–Trinajstić information content (AvgIpc) is 3.13. The first-order valence-corrected chi connectivity index (χ1v) is 8.57. The maximum Gasteiger partial charge on any atom is 0.292 e. The molecule has 27 heavy (non-hydrogen) atoms. The third-order valence-corrected chi connectivity index (χ3v) is 3.59. The lowest BCUT2D eigenvalue weighted by atomic mass is 10.3. The molecule has 0 aliphatic carbocycles. The molecule has 0 bridgehead atoms. The van der Waals surface area contributed by atoms with Gasteiger partial charge in [-0.3, -0.25) is 10.1 Å². The topological polar surface area (TPSA) is 195 Å². The number of nitrogen functional groups attached to an aromatic ring is 1. The molecule has 0 aliphatic heterocycles. The summed E-state index contributed by atoms with van der Waals surface area (Å²) in [5.74, 6) is 0.453. The zero-order valence-electron chi connectivity index (χ0n) is 13.8. The quantitative estimate of drug-likeness (QED) is 0.342. The first kappa shape index (κ1) is 19.7. The highest BCUT2D eigenvalue weighted by molar-refractivity contribution is 7.89. The van der Waals surface area contributed by atoms with Crippen LogP contribution in [0.3, 0.4) is 0 Å². The monoisotopic (exact) mass is 394 g/mol. The number of para-hydroxylation sites is 2. The number of hydrogen-bond donors (Lipinski definition) is 2. The molecule has 2 aromatic heterocycles. The van der Waals surface area contributed by atoms with Crippen molar-refractivity contribution in [2.75, 3.05) is 12.8 Å². The summed E-state index contributed by atoms with van der Waals surface area (Å²) >= 11 is 0. The van der Waals surface area contributed by atoms with E-state index in [2.05, 4.69) is 20.1 Å². The van der Waals surface area contributed by atoms with E-state index in [-0.39, 0.29) is 17.3 Å². The summed E-state index contributed by atoms with van der Waals surface area (Å²) in [6.07, 6.45) is 2.59. The van der Waals surface area contributed by atoms with Crippen LogP contribution in [-0.4, -0.2) is 45.2 Å². The molecule has 0 saturated heterocycles. The number of aromatic nitrogens is 5. The molecule has 4 N–H and O–H groups in total. The van der Waals surface area contributed by atoms with Gasteiger partial charge >= 0.3 is 0 Å². The summed E-state index contributed by atoms with van der Waals surface area (Å²) in [4.78, 5) is 21.0. The number of anilines is 1. The smallest absolute Gasteiger partial charge is 0.292 e. The summed E-state index contributed by atoms with van der Waals surface area (Å²) in [7, 11) is -2.49. The molecule has 14 heteroatoms. The van der Waals surface area contributed by atoms with Gasteiger partial charge in [0, 0.05) is 18.3 Å². The standard InChI is InChI=1S/C7H8N6O3S.C6H6N2O2/c1-16-5-2-3-9-6(11-5)13-4-10-7(12-13)17(8,14)15;7-5-3-1-2-4-6(5)8(9)10/h2-4H,1H3,(H2,8,14,15);1-4H,7H2. The van der Waals surface area contributed by atoms with Crippen molar-refractivity contribution in [2.45, 2.75) is 5.16 Å². The fourth-order valence-corrected chi connectivity index (χ4v) is 2.08. The molecule has 0 radical (unpaired) electrons. The summed E-state index contributed by atoms with van der Waals surface area (Å²) < 4.78 is 27.9. The lowest BCUT2D eigenvalue weighted by molar-refractivity contribution is -0.383. The van der Waals surface area contributed by atoms with Gasteiger partial charge in [0.25, 0.3) is 26.8 Å². The van der Waals surface area contributed by atoms with Gasteiger partial charge in [0.15, 0.2) is 0 Å². The van der Waals surface area contributed by atoms with Crippen LogP contribution in [0.4, 0.5) is 11.4 Å². The zero-order valence-corrected chi connectivity index (χ0v) is 14.6. The highest BCUT2D eigenvalue weighted by Gasteiger charge is 2.15. The number of nitrogens with zero attached hydrogens (tertiary/aromatic N) is 6. The number of primary sulfonamides is 1. The minimum absolute atomic E-state index is 0.0394. The molecule has 0 spiro atoms. The lowest BCUT2D eigenvalue weighted by Gasteiger charge is -2.00. The first-order chi connectivity index (χ1) is 12.7. The molecule has 2 heterocycles.